The van der Waals surface area contributed by atoms with Crippen LogP contribution in [0.1, 0.15) is 132 Å². The molecule has 1 aromatic carbocycles. The van der Waals surface area contributed by atoms with Crippen LogP contribution in [0.25, 0.3) is 11.5 Å². The molecule has 6 aliphatic carbocycles. The molecule has 1 N–H and O–H groups in total. The van der Waals surface area contributed by atoms with Crippen LogP contribution in [0.4, 0.5) is 0 Å². The van der Waals surface area contributed by atoms with Crippen LogP contribution in [0.15, 0.2) is 46.9 Å². The highest BCUT2D eigenvalue weighted by atomic mass is 16.5. The van der Waals surface area contributed by atoms with Gasteiger partial charge in [0.1, 0.15) is 6.10 Å². The number of hydrogen-bond donors (Lipinski definition) is 1. The van der Waals surface area contributed by atoms with E-state index in [2.05, 4.69) is 65.4 Å². The predicted molar refractivity (Wildman–Crippen MR) is 201 cm³/mol. The van der Waals surface area contributed by atoms with Crippen molar-refractivity contribution in [1.82, 2.24) is 10.2 Å². The highest BCUT2D eigenvalue weighted by molar-refractivity contribution is 5.80. The standard InChI is InChI=1S/C45H62N2O5/c1-26(2)28-17-22-45(39-47-46-37(52-39)27-13-11-10-12-14-27)24-23-43(8)29(35(28)45)15-16-32-42(7)20-19-33(41(5,6)31(42)18-21-44(32,43)9)51-38(50)36-30(25-34(48)49)40(36,3)4/h10-14,28-33,35-36H,1,15-25H2,2-9H3,(H,48,49)/t28-,29+,30-,31-,32+,33-,35+,36-,42-,43+,44+,45-/m0/s1. The van der Waals surface area contributed by atoms with Crippen LogP contribution in [0, 0.1) is 68.5 Å². The lowest BCUT2D eigenvalue weighted by Gasteiger charge is -2.72. The van der Waals surface area contributed by atoms with Gasteiger partial charge < -0.3 is 14.3 Å². The number of esters is 1. The molecule has 0 bridgehead atoms. The zero-order chi connectivity index (χ0) is 37.2. The molecular weight excluding hydrogens is 649 g/mol. The molecule has 7 heteroatoms. The number of carbonyl (C=O) groups excluding carboxylic acids is 1. The summed E-state index contributed by atoms with van der Waals surface area (Å²) < 4.78 is 13.1. The van der Waals surface area contributed by atoms with Gasteiger partial charge >= 0.3 is 11.9 Å². The van der Waals surface area contributed by atoms with Gasteiger partial charge in [-0.25, -0.2) is 0 Å². The quantitative estimate of drug-likeness (QED) is 0.225. The fraction of sp³-hybridized carbons (Fsp3) is 0.733. The molecule has 0 spiro atoms. The molecule has 0 aliphatic heterocycles. The van der Waals surface area contributed by atoms with E-state index in [4.69, 9.17) is 14.3 Å². The third-order valence-corrected chi connectivity index (χ3v) is 17.8. The lowest BCUT2D eigenvalue weighted by molar-refractivity contribution is -0.246. The number of hydrogen-bond acceptors (Lipinski definition) is 6. The summed E-state index contributed by atoms with van der Waals surface area (Å²) in [6.45, 7) is 23.5. The van der Waals surface area contributed by atoms with E-state index in [1.165, 1.54) is 31.3 Å². The van der Waals surface area contributed by atoms with Gasteiger partial charge in [0, 0.05) is 17.4 Å². The number of carbonyl (C=O) groups is 2. The van der Waals surface area contributed by atoms with Crippen molar-refractivity contribution < 1.29 is 23.8 Å². The summed E-state index contributed by atoms with van der Waals surface area (Å²) in [5, 5.41) is 18.9. The number of aliphatic carboxylic acids is 1. The molecule has 6 saturated carbocycles. The Morgan fingerprint density at radius 1 is 0.846 bits per heavy atom. The molecule has 0 radical (unpaired) electrons. The van der Waals surface area contributed by atoms with Crippen molar-refractivity contribution in [2.45, 2.75) is 138 Å². The number of carboxylic acid groups (broad SMARTS) is 1. The highest BCUT2D eigenvalue weighted by Gasteiger charge is 2.72. The van der Waals surface area contributed by atoms with Gasteiger partial charge in [0.25, 0.3) is 0 Å². The number of fused-ring (bicyclic) bond motifs is 7. The van der Waals surface area contributed by atoms with Gasteiger partial charge in [-0.15, -0.1) is 10.2 Å². The number of carboxylic acids is 1. The Kier molecular flexibility index (Phi) is 8.16. The summed E-state index contributed by atoms with van der Waals surface area (Å²) >= 11 is 0. The summed E-state index contributed by atoms with van der Waals surface area (Å²) in [5.41, 5.74) is 2.24. The Bertz CT molecular complexity index is 1760. The minimum absolute atomic E-state index is 0.0281. The molecule has 7 nitrogen and oxygen atoms in total. The second-order valence-corrected chi connectivity index (χ2v) is 20.4. The molecule has 0 amide bonds. The largest absolute Gasteiger partial charge is 0.481 e. The Morgan fingerprint density at radius 3 is 2.27 bits per heavy atom. The molecule has 0 saturated heterocycles. The molecule has 0 unspecified atom stereocenters. The maximum absolute atomic E-state index is 13.6. The van der Waals surface area contributed by atoms with Crippen molar-refractivity contribution in [2.24, 2.45) is 68.5 Å². The third-order valence-electron chi connectivity index (χ3n) is 17.8. The second-order valence-electron chi connectivity index (χ2n) is 20.4. The summed E-state index contributed by atoms with van der Waals surface area (Å²) in [7, 11) is 0. The maximum Gasteiger partial charge on any atom is 0.310 e. The van der Waals surface area contributed by atoms with Crippen molar-refractivity contribution in [1.29, 1.82) is 0 Å². The van der Waals surface area contributed by atoms with Gasteiger partial charge in [0.15, 0.2) is 0 Å². The van der Waals surface area contributed by atoms with Crippen molar-refractivity contribution >= 4 is 11.9 Å². The third kappa shape index (κ3) is 4.87. The molecular formula is C45H62N2O5. The fourth-order valence-corrected chi connectivity index (χ4v) is 14.8. The zero-order valence-electron chi connectivity index (χ0n) is 33.0. The molecule has 1 heterocycles. The number of nitrogens with zero attached hydrogens (tertiary/aromatic N) is 2. The number of benzene rings is 1. The van der Waals surface area contributed by atoms with Crippen LogP contribution in [-0.2, 0) is 19.7 Å². The zero-order valence-corrected chi connectivity index (χ0v) is 33.0. The number of aromatic nitrogens is 2. The van der Waals surface area contributed by atoms with Crippen LogP contribution in [0.2, 0.25) is 0 Å². The van der Waals surface area contributed by atoms with E-state index in [1.807, 2.05) is 32.0 Å². The Morgan fingerprint density at radius 2 is 1.58 bits per heavy atom. The summed E-state index contributed by atoms with van der Waals surface area (Å²) in [4.78, 5) is 25.1. The lowest BCUT2D eigenvalue weighted by Crippen LogP contribution is -2.67. The molecule has 6 fully saturated rings. The molecule has 282 valence electrons. The van der Waals surface area contributed by atoms with E-state index in [-0.39, 0.29) is 62.8 Å². The molecule has 6 aliphatic rings. The van der Waals surface area contributed by atoms with Gasteiger partial charge in [-0.1, -0.05) is 78.8 Å². The summed E-state index contributed by atoms with van der Waals surface area (Å²) in [6, 6.07) is 10.2. The van der Waals surface area contributed by atoms with E-state index in [0.29, 0.717) is 35.5 Å². The van der Waals surface area contributed by atoms with Crippen molar-refractivity contribution in [3.8, 4) is 11.5 Å². The Hall–Kier alpha value is -2.96. The van der Waals surface area contributed by atoms with Crippen molar-refractivity contribution in [3.63, 3.8) is 0 Å². The smallest absolute Gasteiger partial charge is 0.310 e. The first kappa shape index (κ1) is 36.0. The summed E-state index contributed by atoms with van der Waals surface area (Å²) in [6.07, 6.45) is 11.1. The van der Waals surface area contributed by atoms with Gasteiger partial charge in [-0.3, -0.25) is 9.59 Å². The van der Waals surface area contributed by atoms with Crippen LogP contribution < -0.4 is 0 Å². The topological polar surface area (TPSA) is 103 Å². The average molecular weight is 711 g/mol. The maximum atomic E-state index is 13.6. The lowest BCUT2D eigenvalue weighted by atomic mass is 9.32. The van der Waals surface area contributed by atoms with E-state index in [9.17, 15) is 14.7 Å². The van der Waals surface area contributed by atoms with Gasteiger partial charge in [-0.05, 0) is 140 Å². The predicted octanol–water partition coefficient (Wildman–Crippen LogP) is 10.3. The van der Waals surface area contributed by atoms with Crippen LogP contribution in [0.5, 0.6) is 0 Å². The highest BCUT2D eigenvalue weighted by Crippen LogP contribution is 2.78. The second kappa shape index (κ2) is 11.8. The fourth-order valence-electron chi connectivity index (χ4n) is 14.8. The van der Waals surface area contributed by atoms with Crippen LogP contribution in [0.3, 0.4) is 0 Å². The molecule has 12 atom stereocenters. The van der Waals surface area contributed by atoms with E-state index < -0.39 is 5.97 Å². The van der Waals surface area contributed by atoms with Crippen molar-refractivity contribution in [2.75, 3.05) is 0 Å². The van der Waals surface area contributed by atoms with E-state index >= 15 is 0 Å². The Labute approximate surface area is 311 Å². The molecule has 2 aromatic rings. The minimum atomic E-state index is -0.839. The number of allylic oxidation sites excluding steroid dienone is 1. The normalized spacial score (nSPS) is 44.0. The van der Waals surface area contributed by atoms with E-state index in [0.717, 1.165) is 50.0 Å². The van der Waals surface area contributed by atoms with Crippen molar-refractivity contribution in [3.05, 3.63) is 48.4 Å². The summed E-state index contributed by atoms with van der Waals surface area (Å²) in [5.74, 6) is 2.50. The molecule has 1 aromatic heterocycles. The first-order valence-electron chi connectivity index (χ1n) is 20.4. The first-order valence-corrected chi connectivity index (χ1v) is 20.4. The number of ether oxygens (including phenoxy) is 1. The van der Waals surface area contributed by atoms with Gasteiger partial charge in [0.2, 0.25) is 11.8 Å². The first-order chi connectivity index (χ1) is 24.4. The Balaban J connectivity index is 1.06. The van der Waals surface area contributed by atoms with Crippen LogP contribution >= 0.6 is 0 Å². The SMILES string of the molecule is C=C(C)[C@@H]1CC[C@]2(c3nnc(-c4ccccc4)o3)CC[C@]3(C)[C@H](CC[C@@H]4[C@@]5(C)CC[C@H](OC(=O)[C@@H]6[C@H](CC(=O)O)C6(C)C)C(C)(C)[C@@H]5CC[C@]43C)[C@@H]12. The number of rotatable bonds is 7. The van der Waals surface area contributed by atoms with Gasteiger partial charge in [0.05, 0.1) is 11.3 Å². The minimum Gasteiger partial charge on any atom is -0.481 e. The van der Waals surface area contributed by atoms with Gasteiger partial charge in [-0.2, -0.15) is 0 Å². The molecule has 52 heavy (non-hydrogen) atoms. The van der Waals surface area contributed by atoms with Crippen LogP contribution in [-0.4, -0.2) is 33.3 Å². The average Bonchev–Trinajstić information content (AvgIpc) is 3.45. The van der Waals surface area contributed by atoms with E-state index in [1.54, 1.807) is 0 Å². The molecule has 8 rings (SSSR count). The monoisotopic (exact) mass is 710 g/mol.